The van der Waals surface area contributed by atoms with Gasteiger partial charge in [0, 0.05) is 12.3 Å². The molecule has 0 aromatic carbocycles. The van der Waals surface area contributed by atoms with E-state index in [2.05, 4.69) is 30.5 Å². The van der Waals surface area contributed by atoms with Crippen molar-refractivity contribution in [3.63, 3.8) is 0 Å². The third-order valence-electron chi connectivity index (χ3n) is 1.87. The number of hydrogen-bond acceptors (Lipinski definition) is 6. The van der Waals surface area contributed by atoms with Crippen LogP contribution in [0.2, 0.25) is 0 Å². The molecule has 0 bridgehead atoms. The van der Waals surface area contributed by atoms with E-state index in [1.165, 1.54) is 6.33 Å². The SMILES string of the molecule is CC(C)Oc1ccnc(NCc2ncn[nH]2)n1. The molecular formula is C10H14N6O. The molecular weight excluding hydrogens is 220 g/mol. The first-order chi connectivity index (χ1) is 8.24. The maximum atomic E-state index is 5.46. The molecule has 2 heterocycles. The van der Waals surface area contributed by atoms with Gasteiger partial charge in [0.15, 0.2) is 0 Å². The predicted molar refractivity (Wildman–Crippen MR) is 61.5 cm³/mol. The molecule has 7 heteroatoms. The number of anilines is 1. The summed E-state index contributed by atoms with van der Waals surface area (Å²) in [6.45, 7) is 4.39. The smallest absolute Gasteiger partial charge is 0.226 e. The van der Waals surface area contributed by atoms with E-state index in [1.54, 1.807) is 12.3 Å². The minimum absolute atomic E-state index is 0.0898. The fourth-order valence-electron chi connectivity index (χ4n) is 1.21. The zero-order valence-corrected chi connectivity index (χ0v) is 9.71. The van der Waals surface area contributed by atoms with Gasteiger partial charge in [-0.3, -0.25) is 5.10 Å². The van der Waals surface area contributed by atoms with Gasteiger partial charge in [0.25, 0.3) is 0 Å². The average molecular weight is 234 g/mol. The Bertz CT molecular complexity index is 456. The summed E-state index contributed by atoms with van der Waals surface area (Å²) in [5, 5.41) is 9.52. The highest BCUT2D eigenvalue weighted by Crippen LogP contribution is 2.10. The van der Waals surface area contributed by atoms with E-state index in [1.807, 2.05) is 13.8 Å². The average Bonchev–Trinajstić information content (AvgIpc) is 2.79. The molecule has 0 aliphatic heterocycles. The van der Waals surface area contributed by atoms with Gasteiger partial charge in [0.05, 0.1) is 12.6 Å². The first-order valence-corrected chi connectivity index (χ1v) is 5.32. The molecule has 2 rings (SSSR count). The van der Waals surface area contributed by atoms with Crippen LogP contribution in [0.4, 0.5) is 5.95 Å². The second-order valence-corrected chi connectivity index (χ2v) is 3.67. The standard InChI is InChI=1S/C10H14N6O/c1-7(2)17-9-3-4-11-10(15-9)12-5-8-13-6-14-16-8/h3-4,6-7H,5H2,1-2H3,(H,11,12,15)(H,13,14,16). The molecule has 0 radical (unpaired) electrons. The van der Waals surface area contributed by atoms with Crippen LogP contribution >= 0.6 is 0 Å². The zero-order chi connectivity index (χ0) is 12.1. The Morgan fingerprint density at radius 1 is 1.41 bits per heavy atom. The van der Waals surface area contributed by atoms with Gasteiger partial charge in [-0.15, -0.1) is 0 Å². The minimum Gasteiger partial charge on any atom is -0.475 e. The lowest BCUT2D eigenvalue weighted by Crippen LogP contribution is -2.09. The summed E-state index contributed by atoms with van der Waals surface area (Å²) in [6, 6.07) is 1.72. The Kier molecular flexibility index (Phi) is 3.49. The lowest BCUT2D eigenvalue weighted by molar-refractivity contribution is 0.232. The van der Waals surface area contributed by atoms with Crippen molar-refractivity contribution in [2.45, 2.75) is 26.5 Å². The Morgan fingerprint density at radius 3 is 3.00 bits per heavy atom. The molecule has 0 saturated carbocycles. The normalized spacial score (nSPS) is 10.5. The monoisotopic (exact) mass is 234 g/mol. The fourth-order valence-corrected chi connectivity index (χ4v) is 1.21. The molecule has 0 aliphatic carbocycles. The summed E-state index contributed by atoms with van der Waals surface area (Å²) in [6.07, 6.45) is 3.19. The maximum absolute atomic E-state index is 5.46. The number of rotatable bonds is 5. The Morgan fingerprint density at radius 2 is 2.29 bits per heavy atom. The lowest BCUT2D eigenvalue weighted by atomic mass is 10.5. The number of hydrogen-bond donors (Lipinski definition) is 2. The summed E-state index contributed by atoms with van der Waals surface area (Å²) in [5.41, 5.74) is 0. The Balaban J connectivity index is 1.96. The summed E-state index contributed by atoms with van der Waals surface area (Å²) in [4.78, 5) is 12.3. The van der Waals surface area contributed by atoms with Gasteiger partial charge < -0.3 is 10.1 Å². The molecule has 2 aromatic rings. The number of nitrogens with zero attached hydrogens (tertiary/aromatic N) is 4. The molecule has 0 aliphatic rings. The second kappa shape index (κ2) is 5.24. The van der Waals surface area contributed by atoms with Crippen molar-refractivity contribution < 1.29 is 4.74 Å². The van der Waals surface area contributed by atoms with Crippen molar-refractivity contribution in [2.75, 3.05) is 5.32 Å². The second-order valence-electron chi connectivity index (χ2n) is 3.67. The van der Waals surface area contributed by atoms with Crippen LogP contribution in [0.15, 0.2) is 18.6 Å². The van der Waals surface area contributed by atoms with Crippen LogP contribution in [0.3, 0.4) is 0 Å². The number of ether oxygens (including phenoxy) is 1. The van der Waals surface area contributed by atoms with Crippen LogP contribution in [0.25, 0.3) is 0 Å². The highest BCUT2D eigenvalue weighted by molar-refractivity contribution is 5.27. The number of H-pyrrole nitrogens is 1. The van der Waals surface area contributed by atoms with Gasteiger partial charge in [-0.2, -0.15) is 10.1 Å². The van der Waals surface area contributed by atoms with E-state index in [0.717, 1.165) is 5.82 Å². The molecule has 90 valence electrons. The van der Waals surface area contributed by atoms with Crippen molar-refractivity contribution >= 4 is 5.95 Å². The predicted octanol–water partition coefficient (Wildman–Crippen LogP) is 0.994. The molecule has 7 nitrogen and oxygen atoms in total. The lowest BCUT2D eigenvalue weighted by Gasteiger charge is -2.09. The van der Waals surface area contributed by atoms with E-state index < -0.39 is 0 Å². The number of aromatic amines is 1. The zero-order valence-electron chi connectivity index (χ0n) is 9.71. The van der Waals surface area contributed by atoms with Gasteiger partial charge >= 0.3 is 0 Å². The van der Waals surface area contributed by atoms with Gasteiger partial charge in [-0.1, -0.05) is 0 Å². The van der Waals surface area contributed by atoms with Crippen LogP contribution in [0, 0.1) is 0 Å². The summed E-state index contributed by atoms with van der Waals surface area (Å²) in [7, 11) is 0. The molecule has 0 saturated heterocycles. The van der Waals surface area contributed by atoms with Crippen LogP contribution in [-0.4, -0.2) is 31.3 Å². The van der Waals surface area contributed by atoms with Gasteiger partial charge in [0.2, 0.25) is 11.8 Å². The van der Waals surface area contributed by atoms with E-state index in [0.29, 0.717) is 18.4 Å². The molecule has 2 aromatic heterocycles. The molecule has 0 fully saturated rings. The van der Waals surface area contributed by atoms with Crippen molar-refractivity contribution in [3.8, 4) is 5.88 Å². The van der Waals surface area contributed by atoms with Gasteiger partial charge in [0.1, 0.15) is 12.2 Å². The first kappa shape index (κ1) is 11.3. The number of nitrogens with one attached hydrogen (secondary N) is 2. The number of aromatic nitrogens is 5. The summed E-state index contributed by atoms with van der Waals surface area (Å²) >= 11 is 0. The summed E-state index contributed by atoms with van der Waals surface area (Å²) < 4.78 is 5.46. The highest BCUT2D eigenvalue weighted by Gasteiger charge is 2.02. The van der Waals surface area contributed by atoms with Crippen LogP contribution in [-0.2, 0) is 6.54 Å². The van der Waals surface area contributed by atoms with E-state index >= 15 is 0 Å². The van der Waals surface area contributed by atoms with Crippen molar-refractivity contribution in [2.24, 2.45) is 0 Å². The highest BCUT2D eigenvalue weighted by atomic mass is 16.5. The summed E-state index contributed by atoms with van der Waals surface area (Å²) in [5.74, 6) is 1.78. The minimum atomic E-state index is 0.0898. The van der Waals surface area contributed by atoms with Crippen molar-refractivity contribution in [1.82, 2.24) is 25.1 Å². The fraction of sp³-hybridized carbons (Fsp3) is 0.400. The van der Waals surface area contributed by atoms with Crippen molar-refractivity contribution in [1.29, 1.82) is 0 Å². The Hall–Kier alpha value is -2.18. The van der Waals surface area contributed by atoms with E-state index in [4.69, 9.17) is 4.74 Å². The van der Waals surface area contributed by atoms with Gasteiger partial charge in [-0.05, 0) is 13.8 Å². The van der Waals surface area contributed by atoms with Crippen LogP contribution in [0.5, 0.6) is 5.88 Å². The molecule has 17 heavy (non-hydrogen) atoms. The first-order valence-electron chi connectivity index (χ1n) is 5.32. The van der Waals surface area contributed by atoms with Gasteiger partial charge in [-0.25, -0.2) is 9.97 Å². The third-order valence-corrected chi connectivity index (χ3v) is 1.87. The third kappa shape index (κ3) is 3.40. The Labute approximate surface area is 98.7 Å². The topological polar surface area (TPSA) is 88.6 Å². The van der Waals surface area contributed by atoms with E-state index in [-0.39, 0.29) is 6.10 Å². The van der Waals surface area contributed by atoms with Crippen molar-refractivity contribution in [3.05, 3.63) is 24.4 Å². The van der Waals surface area contributed by atoms with Crippen LogP contribution < -0.4 is 10.1 Å². The largest absolute Gasteiger partial charge is 0.475 e. The van der Waals surface area contributed by atoms with Crippen LogP contribution in [0.1, 0.15) is 19.7 Å². The van der Waals surface area contributed by atoms with E-state index in [9.17, 15) is 0 Å². The molecule has 0 unspecified atom stereocenters. The molecule has 0 spiro atoms. The quantitative estimate of drug-likeness (QED) is 0.802. The molecule has 2 N–H and O–H groups in total. The maximum Gasteiger partial charge on any atom is 0.226 e. The molecule has 0 amide bonds. The molecule has 0 atom stereocenters.